The minimum absolute atomic E-state index is 0.159. The van der Waals surface area contributed by atoms with Crippen molar-refractivity contribution < 1.29 is 9.53 Å². The summed E-state index contributed by atoms with van der Waals surface area (Å²) in [4.78, 5) is 41.6. The highest BCUT2D eigenvalue weighted by molar-refractivity contribution is 6.35. The third kappa shape index (κ3) is 3.99. The van der Waals surface area contributed by atoms with Crippen LogP contribution in [0.1, 0.15) is 12.5 Å². The molecule has 152 valence electrons. The van der Waals surface area contributed by atoms with Gasteiger partial charge in [-0.05, 0) is 30.2 Å². The molecule has 0 saturated carbocycles. The summed E-state index contributed by atoms with van der Waals surface area (Å²) in [6, 6.07) is 4.66. The fourth-order valence-electron chi connectivity index (χ4n) is 2.89. The first-order valence-corrected chi connectivity index (χ1v) is 9.45. The van der Waals surface area contributed by atoms with Crippen molar-refractivity contribution in [1.82, 2.24) is 14.1 Å². The number of nitrogens with one attached hydrogen (secondary N) is 1. The number of fused-ring (bicyclic) bond motifs is 1. The maximum absolute atomic E-state index is 12.7. The Balaban J connectivity index is 1.97. The number of aryl methyl sites for hydroxylation is 2. The molecule has 1 amide bonds. The van der Waals surface area contributed by atoms with Gasteiger partial charge in [-0.3, -0.25) is 18.7 Å². The van der Waals surface area contributed by atoms with E-state index >= 15 is 0 Å². The molecule has 0 aliphatic rings. The summed E-state index contributed by atoms with van der Waals surface area (Å²) >= 11 is 11.9. The van der Waals surface area contributed by atoms with Gasteiger partial charge in [0, 0.05) is 25.3 Å². The number of hydrogen-bond acceptors (Lipinski definition) is 5. The Hall–Kier alpha value is -2.84. The van der Waals surface area contributed by atoms with Gasteiger partial charge in [-0.25, -0.2) is 9.78 Å². The van der Waals surface area contributed by atoms with Crippen LogP contribution in [0.15, 0.2) is 34.0 Å². The summed E-state index contributed by atoms with van der Waals surface area (Å²) in [5.74, 6) is -0.186. The highest BCUT2D eigenvalue weighted by Gasteiger charge is 2.18. The molecule has 0 unspecified atom stereocenters. The van der Waals surface area contributed by atoms with Gasteiger partial charge in [-0.2, -0.15) is 0 Å². The van der Waals surface area contributed by atoms with Gasteiger partial charge in [0.05, 0.1) is 10.7 Å². The van der Waals surface area contributed by atoms with Crippen LogP contribution in [0.3, 0.4) is 0 Å². The lowest BCUT2D eigenvalue weighted by molar-refractivity contribution is -0.118. The molecule has 2 aromatic heterocycles. The Morgan fingerprint density at radius 2 is 1.93 bits per heavy atom. The molecule has 1 N–H and O–H groups in total. The molecule has 3 aromatic rings. The molecule has 0 aliphatic heterocycles. The van der Waals surface area contributed by atoms with Crippen molar-refractivity contribution in [2.45, 2.75) is 13.3 Å². The molecule has 0 bridgehead atoms. The molecule has 0 fully saturated rings. The summed E-state index contributed by atoms with van der Waals surface area (Å²) in [6.07, 6.45) is 2.06. The van der Waals surface area contributed by atoms with Gasteiger partial charge < -0.3 is 10.1 Å². The van der Waals surface area contributed by atoms with Gasteiger partial charge in [-0.1, -0.05) is 30.1 Å². The zero-order valence-electron chi connectivity index (χ0n) is 16.0. The van der Waals surface area contributed by atoms with E-state index in [-0.39, 0.29) is 22.7 Å². The molecule has 10 heteroatoms. The minimum Gasteiger partial charge on any atom is -0.482 e. The average Bonchev–Trinajstić information content (AvgIpc) is 2.69. The van der Waals surface area contributed by atoms with Crippen LogP contribution < -0.4 is 21.3 Å². The van der Waals surface area contributed by atoms with Crippen molar-refractivity contribution >= 4 is 45.8 Å². The van der Waals surface area contributed by atoms with Crippen molar-refractivity contribution in [3.8, 4) is 5.75 Å². The first-order valence-electron chi connectivity index (χ1n) is 8.69. The van der Waals surface area contributed by atoms with Gasteiger partial charge >= 0.3 is 5.69 Å². The van der Waals surface area contributed by atoms with E-state index in [0.29, 0.717) is 28.4 Å². The van der Waals surface area contributed by atoms with E-state index in [4.69, 9.17) is 27.9 Å². The molecule has 0 aliphatic carbocycles. The highest BCUT2D eigenvalue weighted by atomic mass is 35.5. The second-order valence-corrected chi connectivity index (χ2v) is 7.17. The van der Waals surface area contributed by atoms with Crippen molar-refractivity contribution in [1.29, 1.82) is 0 Å². The van der Waals surface area contributed by atoms with Crippen molar-refractivity contribution in [2.24, 2.45) is 14.1 Å². The number of halogens is 2. The molecule has 0 radical (unpaired) electrons. The Labute approximate surface area is 175 Å². The van der Waals surface area contributed by atoms with Crippen LogP contribution >= 0.6 is 23.2 Å². The molecule has 0 atom stereocenters. The number of benzene rings is 1. The number of hydrogen-bond donors (Lipinski definition) is 1. The fourth-order valence-corrected chi connectivity index (χ4v) is 3.35. The topological polar surface area (TPSA) is 95.2 Å². The number of anilines is 1. The lowest BCUT2D eigenvalue weighted by Crippen LogP contribution is -2.38. The quantitative estimate of drug-likeness (QED) is 0.662. The minimum atomic E-state index is -0.539. The van der Waals surface area contributed by atoms with Crippen LogP contribution in [-0.4, -0.2) is 26.6 Å². The standard InChI is InChI=1S/C19H18Cl2N4O4/c1-4-10-8-22-17-15(18(27)25(3)19(28)24(17)2)16(10)23-14(26)9-29-13-6-5-11(20)7-12(13)21/h5-8H,4,9H2,1-3H3,(H,22,23,26). The maximum atomic E-state index is 12.7. The third-order valence-electron chi connectivity index (χ3n) is 4.45. The number of rotatable bonds is 5. The predicted molar refractivity (Wildman–Crippen MR) is 112 cm³/mol. The Kier molecular flexibility index (Phi) is 5.95. The van der Waals surface area contributed by atoms with Gasteiger partial charge in [0.25, 0.3) is 11.5 Å². The van der Waals surface area contributed by atoms with E-state index in [1.807, 2.05) is 6.92 Å². The molecule has 2 heterocycles. The number of carbonyl (C=O) groups excluding carboxylic acids is 1. The molecule has 29 heavy (non-hydrogen) atoms. The van der Waals surface area contributed by atoms with Gasteiger partial charge in [0.2, 0.25) is 0 Å². The Morgan fingerprint density at radius 3 is 2.59 bits per heavy atom. The Morgan fingerprint density at radius 1 is 1.21 bits per heavy atom. The van der Waals surface area contributed by atoms with Crippen LogP contribution in [0.25, 0.3) is 11.0 Å². The first kappa shape index (κ1) is 20.9. The van der Waals surface area contributed by atoms with E-state index < -0.39 is 17.2 Å². The number of carbonyl (C=O) groups is 1. The zero-order chi connectivity index (χ0) is 21.3. The van der Waals surface area contributed by atoms with Crippen LogP contribution in [0.4, 0.5) is 5.69 Å². The van der Waals surface area contributed by atoms with Crippen LogP contribution in [0.2, 0.25) is 10.0 Å². The first-order chi connectivity index (χ1) is 13.7. The predicted octanol–water partition coefficient (Wildman–Crippen LogP) is 2.52. The zero-order valence-corrected chi connectivity index (χ0v) is 17.5. The smallest absolute Gasteiger partial charge is 0.332 e. The number of aromatic nitrogens is 3. The Bertz CT molecular complexity index is 1230. The second-order valence-electron chi connectivity index (χ2n) is 6.33. The lowest BCUT2D eigenvalue weighted by atomic mass is 10.1. The van der Waals surface area contributed by atoms with Crippen LogP contribution in [-0.2, 0) is 25.3 Å². The normalized spacial score (nSPS) is 10.9. The molecule has 0 spiro atoms. The van der Waals surface area contributed by atoms with Gasteiger partial charge in [-0.15, -0.1) is 0 Å². The molecule has 8 nitrogen and oxygen atoms in total. The SMILES string of the molecule is CCc1cnc2c(c1NC(=O)COc1ccc(Cl)cc1Cl)c(=O)n(C)c(=O)n2C. The average molecular weight is 437 g/mol. The summed E-state index contributed by atoms with van der Waals surface area (Å²) in [5.41, 5.74) is 0.114. The lowest BCUT2D eigenvalue weighted by Gasteiger charge is -2.15. The fraction of sp³-hybridized carbons (Fsp3) is 0.263. The van der Waals surface area contributed by atoms with Crippen LogP contribution in [0.5, 0.6) is 5.75 Å². The summed E-state index contributed by atoms with van der Waals surface area (Å²) in [5, 5.41) is 3.60. The maximum Gasteiger partial charge on any atom is 0.332 e. The van der Waals surface area contributed by atoms with Crippen molar-refractivity contribution in [3.63, 3.8) is 0 Å². The highest BCUT2D eigenvalue weighted by Crippen LogP contribution is 2.28. The monoisotopic (exact) mass is 436 g/mol. The molecule has 0 saturated heterocycles. The summed E-state index contributed by atoms with van der Waals surface area (Å²) < 4.78 is 7.69. The summed E-state index contributed by atoms with van der Waals surface area (Å²) in [7, 11) is 2.89. The van der Waals surface area contributed by atoms with E-state index in [0.717, 1.165) is 4.57 Å². The van der Waals surface area contributed by atoms with E-state index in [1.54, 1.807) is 12.1 Å². The summed E-state index contributed by atoms with van der Waals surface area (Å²) in [6.45, 7) is 1.54. The molecular formula is C19H18Cl2N4O4. The van der Waals surface area contributed by atoms with Crippen molar-refractivity contribution in [2.75, 3.05) is 11.9 Å². The second kappa shape index (κ2) is 8.26. The number of amides is 1. The molecule has 3 rings (SSSR count). The van der Waals surface area contributed by atoms with E-state index in [2.05, 4.69) is 10.3 Å². The number of pyridine rings is 1. The van der Waals surface area contributed by atoms with Crippen molar-refractivity contribution in [3.05, 3.63) is 60.8 Å². The molecular weight excluding hydrogens is 419 g/mol. The van der Waals surface area contributed by atoms with E-state index in [1.165, 1.54) is 30.9 Å². The van der Waals surface area contributed by atoms with Gasteiger partial charge in [0.1, 0.15) is 11.1 Å². The molecule has 1 aromatic carbocycles. The largest absolute Gasteiger partial charge is 0.482 e. The van der Waals surface area contributed by atoms with Crippen LogP contribution in [0, 0.1) is 0 Å². The third-order valence-corrected chi connectivity index (χ3v) is 4.98. The van der Waals surface area contributed by atoms with E-state index in [9.17, 15) is 14.4 Å². The number of nitrogens with zero attached hydrogens (tertiary/aromatic N) is 3. The number of ether oxygens (including phenoxy) is 1. The van der Waals surface area contributed by atoms with Gasteiger partial charge in [0.15, 0.2) is 12.3 Å².